The zero-order valence-electron chi connectivity index (χ0n) is 9.68. The van der Waals surface area contributed by atoms with Gasteiger partial charge in [-0.3, -0.25) is 0 Å². The Balaban J connectivity index is 2.92. The van der Waals surface area contributed by atoms with Crippen molar-refractivity contribution in [1.29, 1.82) is 0 Å². The molecule has 0 amide bonds. The fourth-order valence-electron chi connectivity index (χ4n) is 1.61. The van der Waals surface area contributed by atoms with Gasteiger partial charge in [-0.1, -0.05) is 13.3 Å². The van der Waals surface area contributed by atoms with Crippen molar-refractivity contribution in [1.82, 2.24) is 0 Å². The van der Waals surface area contributed by atoms with Crippen molar-refractivity contribution in [3.8, 4) is 11.5 Å². The van der Waals surface area contributed by atoms with Gasteiger partial charge < -0.3 is 20.7 Å². The van der Waals surface area contributed by atoms with Gasteiger partial charge in [0.25, 0.3) is 0 Å². The second kappa shape index (κ2) is 5.72. The predicted molar refractivity (Wildman–Crippen MR) is 62.5 cm³/mol. The number of aliphatic hydroxyl groups excluding tert-OH is 1. The van der Waals surface area contributed by atoms with Crippen LogP contribution in [0.2, 0.25) is 0 Å². The monoisotopic (exact) mass is 225 g/mol. The van der Waals surface area contributed by atoms with Gasteiger partial charge in [0.2, 0.25) is 0 Å². The smallest absolute Gasteiger partial charge is 0.120 e. The van der Waals surface area contributed by atoms with E-state index in [1.54, 1.807) is 19.2 Å². The Morgan fingerprint density at radius 1 is 1.44 bits per heavy atom. The molecule has 0 aliphatic heterocycles. The molecule has 0 aliphatic carbocycles. The molecule has 0 spiro atoms. The highest BCUT2D eigenvalue weighted by molar-refractivity contribution is 5.41. The summed E-state index contributed by atoms with van der Waals surface area (Å²) in [7, 11) is 1.55. The minimum absolute atomic E-state index is 0.0865. The summed E-state index contributed by atoms with van der Waals surface area (Å²) in [4.78, 5) is 0. The van der Waals surface area contributed by atoms with Gasteiger partial charge in [-0.25, -0.2) is 0 Å². The van der Waals surface area contributed by atoms with Crippen molar-refractivity contribution < 1.29 is 14.9 Å². The van der Waals surface area contributed by atoms with E-state index in [0.29, 0.717) is 17.7 Å². The van der Waals surface area contributed by atoms with Crippen LogP contribution in [0.4, 0.5) is 0 Å². The summed E-state index contributed by atoms with van der Waals surface area (Å²) in [6.45, 7) is 1.97. The average molecular weight is 225 g/mol. The maximum absolute atomic E-state index is 9.78. The zero-order valence-corrected chi connectivity index (χ0v) is 9.68. The van der Waals surface area contributed by atoms with Gasteiger partial charge in [-0.15, -0.1) is 0 Å². The van der Waals surface area contributed by atoms with Crippen LogP contribution < -0.4 is 10.5 Å². The second-order valence-electron chi connectivity index (χ2n) is 3.81. The second-order valence-corrected chi connectivity index (χ2v) is 3.81. The first-order valence-corrected chi connectivity index (χ1v) is 5.40. The molecule has 4 N–H and O–H groups in total. The number of aliphatic hydroxyl groups is 1. The van der Waals surface area contributed by atoms with Crippen molar-refractivity contribution in [3.05, 3.63) is 23.8 Å². The van der Waals surface area contributed by atoms with Crippen LogP contribution in [-0.4, -0.2) is 23.4 Å². The van der Waals surface area contributed by atoms with Crippen LogP contribution in [0.1, 0.15) is 31.4 Å². The summed E-state index contributed by atoms with van der Waals surface area (Å²) in [5.41, 5.74) is 6.40. The quantitative estimate of drug-likeness (QED) is 0.711. The van der Waals surface area contributed by atoms with E-state index in [2.05, 4.69) is 0 Å². The third-order valence-corrected chi connectivity index (χ3v) is 2.59. The van der Waals surface area contributed by atoms with Gasteiger partial charge in [0.1, 0.15) is 11.5 Å². The van der Waals surface area contributed by atoms with Crippen LogP contribution in [0.15, 0.2) is 18.2 Å². The van der Waals surface area contributed by atoms with Crippen molar-refractivity contribution in [2.24, 2.45) is 5.73 Å². The Bertz CT molecular complexity index is 341. The number of hydrogen-bond donors (Lipinski definition) is 3. The van der Waals surface area contributed by atoms with Crippen molar-refractivity contribution in [3.63, 3.8) is 0 Å². The molecule has 2 atom stereocenters. The minimum atomic E-state index is -0.650. The average Bonchev–Trinajstić information content (AvgIpc) is 2.29. The number of benzene rings is 1. The van der Waals surface area contributed by atoms with E-state index in [0.717, 1.165) is 6.42 Å². The molecule has 1 aromatic rings. The van der Waals surface area contributed by atoms with Gasteiger partial charge in [-0.2, -0.15) is 0 Å². The van der Waals surface area contributed by atoms with E-state index in [1.807, 2.05) is 6.92 Å². The summed E-state index contributed by atoms with van der Waals surface area (Å²) in [6, 6.07) is 4.23. The van der Waals surface area contributed by atoms with Gasteiger partial charge in [0.15, 0.2) is 0 Å². The summed E-state index contributed by atoms with van der Waals surface area (Å²) < 4.78 is 5.05. The maximum Gasteiger partial charge on any atom is 0.120 e. The molecule has 4 heteroatoms. The van der Waals surface area contributed by atoms with Crippen LogP contribution in [0.5, 0.6) is 11.5 Å². The van der Waals surface area contributed by atoms with Crippen molar-refractivity contribution in [2.75, 3.05) is 7.11 Å². The van der Waals surface area contributed by atoms with E-state index in [9.17, 15) is 10.2 Å². The fourth-order valence-corrected chi connectivity index (χ4v) is 1.61. The number of phenols is 1. The first kappa shape index (κ1) is 12.8. The molecule has 0 unspecified atom stereocenters. The Hall–Kier alpha value is -1.26. The highest BCUT2D eigenvalue weighted by atomic mass is 16.5. The molecular formula is C12H19NO3. The summed E-state index contributed by atoms with van der Waals surface area (Å²) in [6.07, 6.45) is 0.806. The van der Waals surface area contributed by atoms with E-state index >= 15 is 0 Å². The molecule has 0 aliphatic rings. The molecule has 1 aromatic carbocycles. The Morgan fingerprint density at radius 3 is 2.69 bits per heavy atom. The first-order valence-electron chi connectivity index (χ1n) is 5.40. The number of phenolic OH excluding ortho intramolecular Hbond substituents is 1. The number of nitrogens with two attached hydrogens (primary N) is 1. The third kappa shape index (κ3) is 2.87. The topological polar surface area (TPSA) is 75.7 Å². The number of aromatic hydroxyl groups is 1. The molecule has 0 saturated carbocycles. The lowest BCUT2D eigenvalue weighted by Crippen LogP contribution is -2.26. The number of methoxy groups -OCH3 is 1. The Kier molecular flexibility index (Phi) is 4.58. The van der Waals surface area contributed by atoms with E-state index in [4.69, 9.17) is 10.5 Å². The number of ether oxygens (including phenoxy) is 1. The fraction of sp³-hybridized carbons (Fsp3) is 0.500. The summed E-state index contributed by atoms with van der Waals surface area (Å²) in [5, 5.41) is 19.5. The molecule has 0 bridgehead atoms. The normalized spacial score (nSPS) is 14.5. The molecule has 1 rings (SSSR count). The lowest BCUT2D eigenvalue weighted by molar-refractivity contribution is 0.133. The van der Waals surface area contributed by atoms with Gasteiger partial charge in [0, 0.05) is 5.56 Å². The SMILES string of the molecule is CCC[C@@H](O)[C@@H](N)c1cc(OC)ccc1O. The molecule has 0 heterocycles. The van der Waals surface area contributed by atoms with Crippen molar-refractivity contribution >= 4 is 0 Å². The number of hydrogen-bond acceptors (Lipinski definition) is 4. The molecule has 0 radical (unpaired) electrons. The van der Waals surface area contributed by atoms with Crippen LogP contribution in [-0.2, 0) is 0 Å². The predicted octanol–water partition coefficient (Wildman–Crippen LogP) is 1.56. The van der Waals surface area contributed by atoms with Gasteiger partial charge in [-0.05, 0) is 24.6 Å². The molecule has 4 nitrogen and oxygen atoms in total. The standard InChI is InChI=1S/C12H19NO3/c1-3-4-11(15)12(13)9-7-8(16-2)5-6-10(9)14/h5-7,11-12,14-15H,3-4,13H2,1-2H3/t11-,12+/m1/s1. The molecule has 90 valence electrons. The molecule has 16 heavy (non-hydrogen) atoms. The minimum Gasteiger partial charge on any atom is -0.508 e. The van der Waals surface area contributed by atoms with Crippen LogP contribution in [0.3, 0.4) is 0 Å². The van der Waals surface area contributed by atoms with Gasteiger partial charge >= 0.3 is 0 Å². The van der Waals surface area contributed by atoms with Crippen molar-refractivity contribution in [2.45, 2.75) is 31.9 Å². The highest BCUT2D eigenvalue weighted by Gasteiger charge is 2.19. The van der Waals surface area contributed by atoms with E-state index in [1.165, 1.54) is 6.07 Å². The summed E-state index contributed by atoms with van der Waals surface area (Å²) >= 11 is 0. The lowest BCUT2D eigenvalue weighted by atomic mass is 9.98. The molecule has 0 saturated heterocycles. The third-order valence-electron chi connectivity index (χ3n) is 2.59. The maximum atomic E-state index is 9.78. The van der Waals surface area contributed by atoms with Crippen LogP contribution >= 0.6 is 0 Å². The lowest BCUT2D eigenvalue weighted by Gasteiger charge is -2.20. The Labute approximate surface area is 95.7 Å². The molecule has 0 aromatic heterocycles. The summed E-state index contributed by atoms with van der Waals surface area (Å²) in [5.74, 6) is 0.704. The Morgan fingerprint density at radius 2 is 2.12 bits per heavy atom. The number of rotatable bonds is 5. The highest BCUT2D eigenvalue weighted by Crippen LogP contribution is 2.29. The van der Waals surface area contributed by atoms with E-state index in [-0.39, 0.29) is 5.75 Å². The first-order chi connectivity index (χ1) is 7.60. The van der Waals surface area contributed by atoms with E-state index < -0.39 is 12.1 Å². The largest absolute Gasteiger partial charge is 0.508 e. The molecular weight excluding hydrogens is 206 g/mol. The van der Waals surface area contributed by atoms with Gasteiger partial charge in [0.05, 0.1) is 19.3 Å². The van der Waals surface area contributed by atoms with Crippen LogP contribution in [0, 0.1) is 0 Å². The molecule has 0 fully saturated rings. The zero-order chi connectivity index (χ0) is 12.1. The van der Waals surface area contributed by atoms with Crippen LogP contribution in [0.25, 0.3) is 0 Å².